The highest BCUT2D eigenvalue weighted by atomic mass is 16.5. The van der Waals surface area contributed by atoms with Crippen molar-refractivity contribution in [1.29, 1.82) is 0 Å². The number of methoxy groups -OCH3 is 1. The van der Waals surface area contributed by atoms with Crippen molar-refractivity contribution in [3.8, 4) is 22.6 Å². The van der Waals surface area contributed by atoms with Gasteiger partial charge in [-0.15, -0.1) is 0 Å². The molecule has 168 valence electrons. The van der Waals surface area contributed by atoms with Crippen LogP contribution < -0.4 is 9.47 Å². The van der Waals surface area contributed by atoms with Gasteiger partial charge in [-0.1, -0.05) is 12.1 Å². The molecule has 4 rings (SSSR count). The normalized spacial score (nSPS) is 14.6. The predicted molar refractivity (Wildman–Crippen MR) is 125 cm³/mol. The third-order valence-electron chi connectivity index (χ3n) is 5.81. The lowest BCUT2D eigenvalue weighted by Crippen LogP contribution is -2.39. The number of nitrogens with zero attached hydrogens (tertiary/aromatic N) is 1. The number of ether oxygens (including phenoxy) is 3. The maximum atomic E-state index is 12.8. The fourth-order valence-electron chi connectivity index (χ4n) is 4.13. The molecule has 3 aromatic rings. The standard InChI is InChI=1S/C26H29NO5/c1-5-31-20-8-6-19(7-9-20)23-16-32-26-18(3)25(29-4)21(15-22(23)26)17(2)14-24(28)27-10-12-30-13-11-27/h6-9,14-16H,5,10-13H2,1-4H3/b17-14+. The number of rotatable bonds is 6. The highest BCUT2D eigenvalue weighted by molar-refractivity contribution is 6.01. The van der Waals surface area contributed by atoms with Crippen molar-refractivity contribution in [2.24, 2.45) is 0 Å². The smallest absolute Gasteiger partial charge is 0.247 e. The maximum absolute atomic E-state index is 12.8. The van der Waals surface area contributed by atoms with E-state index in [2.05, 4.69) is 6.07 Å². The van der Waals surface area contributed by atoms with Crippen molar-refractivity contribution in [3.63, 3.8) is 0 Å². The molecule has 2 aromatic carbocycles. The molecule has 1 aliphatic rings. The van der Waals surface area contributed by atoms with E-state index in [-0.39, 0.29) is 5.91 Å². The molecular weight excluding hydrogens is 406 g/mol. The van der Waals surface area contributed by atoms with Gasteiger partial charge in [0.25, 0.3) is 0 Å². The number of hydrogen-bond donors (Lipinski definition) is 0. The second kappa shape index (κ2) is 9.49. The molecule has 1 saturated heterocycles. The lowest BCUT2D eigenvalue weighted by atomic mass is 9.96. The van der Waals surface area contributed by atoms with Crippen molar-refractivity contribution >= 4 is 22.4 Å². The van der Waals surface area contributed by atoms with Crippen LogP contribution in [0.2, 0.25) is 0 Å². The molecule has 0 spiro atoms. The van der Waals surface area contributed by atoms with Crippen LogP contribution in [0.1, 0.15) is 25.0 Å². The summed E-state index contributed by atoms with van der Waals surface area (Å²) in [5, 5.41) is 0.981. The predicted octanol–water partition coefficient (Wildman–Crippen LogP) is 5.08. The van der Waals surface area contributed by atoms with E-state index in [0.29, 0.717) is 38.7 Å². The zero-order chi connectivity index (χ0) is 22.7. The van der Waals surface area contributed by atoms with Gasteiger partial charge in [-0.05, 0) is 50.1 Å². The van der Waals surface area contributed by atoms with Crippen molar-refractivity contribution in [2.75, 3.05) is 40.0 Å². The Morgan fingerprint density at radius 3 is 2.56 bits per heavy atom. The number of hydrogen-bond acceptors (Lipinski definition) is 5. The summed E-state index contributed by atoms with van der Waals surface area (Å²) in [5.74, 6) is 1.54. The van der Waals surface area contributed by atoms with E-state index in [4.69, 9.17) is 18.6 Å². The molecule has 1 aliphatic heterocycles. The summed E-state index contributed by atoms with van der Waals surface area (Å²) in [6.45, 7) is 8.90. The summed E-state index contributed by atoms with van der Waals surface area (Å²) >= 11 is 0. The molecule has 0 N–H and O–H groups in total. The molecule has 32 heavy (non-hydrogen) atoms. The molecular formula is C26H29NO5. The number of carbonyl (C=O) groups is 1. The van der Waals surface area contributed by atoms with Gasteiger partial charge in [-0.2, -0.15) is 0 Å². The molecule has 0 radical (unpaired) electrons. The highest BCUT2D eigenvalue weighted by Crippen LogP contribution is 2.40. The lowest BCUT2D eigenvalue weighted by molar-refractivity contribution is -0.129. The van der Waals surface area contributed by atoms with Gasteiger partial charge < -0.3 is 23.5 Å². The first-order valence-corrected chi connectivity index (χ1v) is 10.9. The Morgan fingerprint density at radius 1 is 1.19 bits per heavy atom. The second-order valence-electron chi connectivity index (χ2n) is 7.83. The van der Waals surface area contributed by atoms with Crippen LogP contribution in [-0.4, -0.2) is 50.8 Å². The van der Waals surface area contributed by atoms with Crippen LogP contribution in [0.15, 0.2) is 47.1 Å². The summed E-state index contributed by atoms with van der Waals surface area (Å²) in [6.07, 6.45) is 3.46. The number of carbonyl (C=O) groups excluding carboxylic acids is 1. The van der Waals surface area contributed by atoms with Gasteiger partial charge in [0.15, 0.2) is 0 Å². The number of fused-ring (bicyclic) bond motifs is 1. The van der Waals surface area contributed by atoms with Gasteiger partial charge in [0.1, 0.15) is 17.1 Å². The molecule has 0 unspecified atom stereocenters. The second-order valence-corrected chi connectivity index (χ2v) is 7.83. The number of allylic oxidation sites excluding steroid dienone is 1. The topological polar surface area (TPSA) is 61.1 Å². The maximum Gasteiger partial charge on any atom is 0.247 e. The largest absolute Gasteiger partial charge is 0.496 e. The summed E-state index contributed by atoms with van der Waals surface area (Å²) < 4.78 is 22.6. The Balaban J connectivity index is 1.76. The number of morpholine rings is 1. The molecule has 0 aliphatic carbocycles. The molecule has 0 saturated carbocycles. The summed E-state index contributed by atoms with van der Waals surface area (Å²) in [4.78, 5) is 14.6. The number of aryl methyl sites for hydroxylation is 1. The van der Waals surface area contributed by atoms with Crippen molar-refractivity contribution in [3.05, 3.63) is 53.8 Å². The van der Waals surface area contributed by atoms with Crippen molar-refractivity contribution < 1.29 is 23.4 Å². The van der Waals surface area contributed by atoms with E-state index in [1.807, 2.05) is 49.9 Å². The van der Waals surface area contributed by atoms with E-state index < -0.39 is 0 Å². The highest BCUT2D eigenvalue weighted by Gasteiger charge is 2.20. The van der Waals surface area contributed by atoms with Crippen LogP contribution >= 0.6 is 0 Å². The Kier molecular flexibility index (Phi) is 6.51. The fraction of sp³-hybridized carbons (Fsp3) is 0.346. The first kappa shape index (κ1) is 22.0. The average Bonchev–Trinajstić information content (AvgIpc) is 3.24. The van der Waals surface area contributed by atoms with E-state index in [1.54, 1.807) is 19.4 Å². The Hall–Kier alpha value is -3.25. The third-order valence-corrected chi connectivity index (χ3v) is 5.81. The van der Waals surface area contributed by atoms with Crippen LogP contribution in [0, 0.1) is 6.92 Å². The van der Waals surface area contributed by atoms with E-state index in [9.17, 15) is 4.79 Å². The molecule has 0 atom stereocenters. The van der Waals surface area contributed by atoms with Gasteiger partial charge in [-0.25, -0.2) is 0 Å². The zero-order valence-corrected chi connectivity index (χ0v) is 19.1. The molecule has 1 aromatic heterocycles. The lowest BCUT2D eigenvalue weighted by Gasteiger charge is -2.26. The van der Waals surface area contributed by atoms with Crippen LogP contribution in [-0.2, 0) is 9.53 Å². The average molecular weight is 436 g/mol. The minimum Gasteiger partial charge on any atom is -0.496 e. The molecule has 1 fully saturated rings. The van der Waals surface area contributed by atoms with Gasteiger partial charge >= 0.3 is 0 Å². The van der Waals surface area contributed by atoms with Gasteiger partial charge in [-0.3, -0.25) is 4.79 Å². The number of furan rings is 1. The first-order valence-electron chi connectivity index (χ1n) is 10.9. The van der Waals surface area contributed by atoms with Crippen LogP contribution in [0.25, 0.3) is 27.7 Å². The molecule has 6 heteroatoms. The quantitative estimate of drug-likeness (QED) is 0.506. The minimum absolute atomic E-state index is 0.00969. The van der Waals surface area contributed by atoms with Crippen LogP contribution in [0.5, 0.6) is 11.5 Å². The Labute approximate surface area is 188 Å². The SMILES string of the molecule is CCOc1ccc(-c2coc3c(C)c(OC)c(/C(C)=C/C(=O)N4CCOCC4)cc23)cc1. The molecule has 6 nitrogen and oxygen atoms in total. The monoisotopic (exact) mass is 435 g/mol. The third kappa shape index (κ3) is 4.23. The first-order chi connectivity index (χ1) is 15.5. The van der Waals surface area contributed by atoms with E-state index >= 15 is 0 Å². The van der Waals surface area contributed by atoms with Crippen molar-refractivity contribution in [2.45, 2.75) is 20.8 Å². The minimum atomic E-state index is -0.00969. The summed E-state index contributed by atoms with van der Waals surface area (Å²) in [7, 11) is 1.64. The van der Waals surface area contributed by atoms with Gasteiger partial charge in [0.05, 0.1) is 33.2 Å². The van der Waals surface area contributed by atoms with Gasteiger partial charge in [0.2, 0.25) is 5.91 Å². The number of benzene rings is 2. The zero-order valence-electron chi connectivity index (χ0n) is 19.1. The van der Waals surface area contributed by atoms with Crippen LogP contribution in [0.3, 0.4) is 0 Å². The number of amides is 1. The molecule has 0 bridgehead atoms. The fourth-order valence-corrected chi connectivity index (χ4v) is 4.13. The molecule has 2 heterocycles. The van der Waals surface area contributed by atoms with E-state index in [0.717, 1.165) is 44.5 Å². The Morgan fingerprint density at radius 2 is 1.91 bits per heavy atom. The van der Waals surface area contributed by atoms with Gasteiger partial charge in [0, 0.05) is 41.2 Å². The van der Waals surface area contributed by atoms with E-state index in [1.165, 1.54) is 0 Å². The summed E-state index contributed by atoms with van der Waals surface area (Å²) in [5.41, 5.74) is 5.44. The summed E-state index contributed by atoms with van der Waals surface area (Å²) in [6, 6.07) is 10.0. The Bertz CT molecular complexity index is 1140. The molecule has 1 amide bonds. The van der Waals surface area contributed by atoms with Crippen molar-refractivity contribution in [1.82, 2.24) is 4.90 Å². The van der Waals surface area contributed by atoms with Crippen LogP contribution in [0.4, 0.5) is 0 Å².